The summed E-state index contributed by atoms with van der Waals surface area (Å²) in [6.07, 6.45) is -4.55. The topological polar surface area (TPSA) is 50.2 Å². The predicted octanol–water partition coefficient (Wildman–Crippen LogP) is 4.26. The Morgan fingerprint density at radius 3 is 2.38 bits per heavy atom. The van der Waals surface area contributed by atoms with Crippen LogP contribution in [0.15, 0.2) is 30.3 Å². The minimum atomic E-state index is -4.55. The van der Waals surface area contributed by atoms with Crippen molar-refractivity contribution in [2.45, 2.75) is 6.18 Å². The van der Waals surface area contributed by atoms with Crippen LogP contribution >= 0.6 is 11.6 Å². The lowest BCUT2D eigenvalue weighted by molar-refractivity contribution is -0.137. The van der Waals surface area contributed by atoms with Gasteiger partial charge < -0.3 is 5.11 Å². The van der Waals surface area contributed by atoms with Gasteiger partial charge in [-0.15, -0.1) is 0 Å². The van der Waals surface area contributed by atoms with E-state index in [4.69, 9.17) is 16.7 Å². The van der Waals surface area contributed by atoms with E-state index in [0.29, 0.717) is 6.07 Å². The maximum absolute atomic E-state index is 13.2. The Hall–Kier alpha value is -2.15. The molecule has 0 unspecified atom stereocenters. The molecule has 0 aliphatic heterocycles. The highest BCUT2D eigenvalue weighted by molar-refractivity contribution is 6.33. The number of hydrogen-bond donors (Lipinski definition) is 1. The molecule has 0 radical (unpaired) electrons. The lowest BCUT2D eigenvalue weighted by Crippen LogP contribution is -2.06. The summed E-state index contributed by atoms with van der Waals surface area (Å²) in [6, 6.07) is 4.53. The highest BCUT2D eigenvalue weighted by Gasteiger charge is 2.31. The summed E-state index contributed by atoms with van der Waals surface area (Å²) in [6.45, 7) is 0. The Morgan fingerprint density at radius 1 is 1.19 bits per heavy atom. The van der Waals surface area contributed by atoms with Gasteiger partial charge in [0.2, 0.25) is 0 Å². The molecule has 0 aliphatic carbocycles. The van der Waals surface area contributed by atoms with E-state index in [2.05, 4.69) is 4.98 Å². The first kappa shape index (κ1) is 15.2. The van der Waals surface area contributed by atoms with E-state index in [0.717, 1.165) is 24.3 Å². The molecule has 0 aliphatic rings. The zero-order valence-electron chi connectivity index (χ0n) is 10.1. The van der Waals surface area contributed by atoms with Crippen molar-refractivity contribution in [1.29, 1.82) is 0 Å². The molecular weight excluding hydrogens is 314 g/mol. The first-order valence-corrected chi connectivity index (χ1v) is 5.85. The minimum absolute atomic E-state index is 0.0347. The average Bonchev–Trinajstić information content (AvgIpc) is 2.38. The number of nitrogens with zero attached hydrogens (tertiary/aromatic N) is 1. The lowest BCUT2D eigenvalue weighted by Gasteiger charge is -2.10. The number of pyridine rings is 1. The van der Waals surface area contributed by atoms with Crippen LogP contribution in [0.25, 0.3) is 11.3 Å². The van der Waals surface area contributed by atoms with Gasteiger partial charge in [0.1, 0.15) is 0 Å². The summed E-state index contributed by atoms with van der Waals surface area (Å²) in [7, 11) is 0. The summed E-state index contributed by atoms with van der Waals surface area (Å²) >= 11 is 5.76. The molecule has 0 saturated heterocycles. The standard InChI is InChI=1S/C13H6ClF4NO2/c14-8-5-6(13(16,17)18)1-2-7(8)10-4-3-9(15)11(19-10)12(20)21/h1-5H,(H,20,21). The number of carboxylic acid groups (broad SMARTS) is 1. The minimum Gasteiger partial charge on any atom is -0.476 e. The van der Waals surface area contributed by atoms with Crippen LogP contribution in [0.2, 0.25) is 5.02 Å². The summed E-state index contributed by atoms with van der Waals surface area (Å²) in [5.41, 5.74) is -1.74. The van der Waals surface area contributed by atoms with Crippen molar-refractivity contribution in [1.82, 2.24) is 4.98 Å². The summed E-state index contributed by atoms with van der Waals surface area (Å²) in [5.74, 6) is -2.63. The second-order valence-corrected chi connectivity index (χ2v) is 4.43. The Labute approximate surface area is 120 Å². The first-order chi connectivity index (χ1) is 9.70. The smallest absolute Gasteiger partial charge is 0.416 e. The molecule has 1 heterocycles. The fourth-order valence-electron chi connectivity index (χ4n) is 1.64. The van der Waals surface area contributed by atoms with Gasteiger partial charge in [-0.25, -0.2) is 14.2 Å². The molecule has 2 aromatic rings. The van der Waals surface area contributed by atoms with Crippen LogP contribution in [0.5, 0.6) is 0 Å². The number of aromatic nitrogens is 1. The zero-order valence-corrected chi connectivity index (χ0v) is 10.8. The molecular formula is C13H6ClF4NO2. The molecule has 0 spiro atoms. The van der Waals surface area contributed by atoms with Gasteiger partial charge in [-0.1, -0.05) is 17.7 Å². The van der Waals surface area contributed by atoms with Gasteiger partial charge in [-0.3, -0.25) is 0 Å². The first-order valence-electron chi connectivity index (χ1n) is 5.47. The van der Waals surface area contributed by atoms with Crippen molar-refractivity contribution in [3.8, 4) is 11.3 Å². The van der Waals surface area contributed by atoms with Crippen LogP contribution in [0.3, 0.4) is 0 Å². The number of benzene rings is 1. The lowest BCUT2D eigenvalue weighted by atomic mass is 10.1. The van der Waals surface area contributed by atoms with Crippen molar-refractivity contribution >= 4 is 17.6 Å². The van der Waals surface area contributed by atoms with Crippen molar-refractivity contribution in [2.75, 3.05) is 0 Å². The predicted molar refractivity (Wildman–Crippen MR) is 66.6 cm³/mol. The van der Waals surface area contributed by atoms with Gasteiger partial charge >= 0.3 is 12.1 Å². The number of aromatic carboxylic acids is 1. The molecule has 0 amide bonds. The van der Waals surface area contributed by atoms with Crippen molar-refractivity contribution in [2.24, 2.45) is 0 Å². The van der Waals surface area contributed by atoms with E-state index < -0.39 is 29.2 Å². The summed E-state index contributed by atoms with van der Waals surface area (Å²) in [4.78, 5) is 14.3. The maximum Gasteiger partial charge on any atom is 0.416 e. The Morgan fingerprint density at radius 2 is 1.86 bits per heavy atom. The fraction of sp³-hybridized carbons (Fsp3) is 0.0769. The molecule has 1 aromatic heterocycles. The monoisotopic (exact) mass is 319 g/mol. The highest BCUT2D eigenvalue weighted by atomic mass is 35.5. The fourth-order valence-corrected chi connectivity index (χ4v) is 1.92. The van der Waals surface area contributed by atoms with Crippen LogP contribution in [-0.2, 0) is 6.18 Å². The largest absolute Gasteiger partial charge is 0.476 e. The van der Waals surface area contributed by atoms with E-state index >= 15 is 0 Å². The number of carboxylic acids is 1. The average molecular weight is 320 g/mol. The Bertz CT molecular complexity index is 716. The van der Waals surface area contributed by atoms with Crippen molar-refractivity contribution in [3.63, 3.8) is 0 Å². The van der Waals surface area contributed by atoms with Crippen LogP contribution in [0.1, 0.15) is 16.1 Å². The molecule has 2 rings (SSSR count). The van der Waals surface area contributed by atoms with Gasteiger partial charge in [0.05, 0.1) is 16.3 Å². The Kier molecular flexibility index (Phi) is 3.87. The number of hydrogen-bond acceptors (Lipinski definition) is 2. The van der Waals surface area contributed by atoms with Crippen LogP contribution < -0.4 is 0 Å². The van der Waals surface area contributed by atoms with Crippen LogP contribution in [-0.4, -0.2) is 16.1 Å². The molecule has 0 bridgehead atoms. The van der Waals surface area contributed by atoms with Crippen molar-refractivity contribution < 1.29 is 27.5 Å². The van der Waals surface area contributed by atoms with Gasteiger partial charge in [0.15, 0.2) is 11.5 Å². The molecule has 1 N–H and O–H groups in total. The highest BCUT2D eigenvalue weighted by Crippen LogP contribution is 2.35. The van der Waals surface area contributed by atoms with Gasteiger partial charge in [-0.05, 0) is 24.3 Å². The molecule has 110 valence electrons. The number of rotatable bonds is 2. The molecule has 0 saturated carbocycles. The van der Waals surface area contributed by atoms with Gasteiger partial charge in [0, 0.05) is 5.56 Å². The van der Waals surface area contributed by atoms with Gasteiger partial charge in [-0.2, -0.15) is 13.2 Å². The SMILES string of the molecule is O=C(O)c1nc(-c2ccc(C(F)(F)F)cc2Cl)ccc1F. The number of halogens is 5. The second-order valence-electron chi connectivity index (χ2n) is 4.02. The van der Waals surface area contributed by atoms with E-state index in [-0.39, 0.29) is 16.3 Å². The molecule has 21 heavy (non-hydrogen) atoms. The van der Waals surface area contributed by atoms with Crippen LogP contribution in [0.4, 0.5) is 17.6 Å². The molecule has 8 heteroatoms. The second kappa shape index (κ2) is 5.33. The van der Waals surface area contributed by atoms with Crippen LogP contribution in [0, 0.1) is 5.82 Å². The van der Waals surface area contributed by atoms with E-state index in [1.54, 1.807) is 0 Å². The molecule has 0 fully saturated rings. The quantitative estimate of drug-likeness (QED) is 0.841. The maximum atomic E-state index is 13.2. The molecule has 3 nitrogen and oxygen atoms in total. The molecule has 0 atom stereocenters. The van der Waals surface area contributed by atoms with E-state index in [9.17, 15) is 22.4 Å². The third-order valence-electron chi connectivity index (χ3n) is 2.62. The van der Waals surface area contributed by atoms with E-state index in [1.807, 2.05) is 0 Å². The normalized spacial score (nSPS) is 11.5. The number of alkyl halides is 3. The summed E-state index contributed by atoms with van der Waals surface area (Å²) < 4.78 is 50.8. The molecule has 1 aromatic carbocycles. The van der Waals surface area contributed by atoms with Gasteiger partial charge in [0.25, 0.3) is 0 Å². The third-order valence-corrected chi connectivity index (χ3v) is 2.93. The van der Waals surface area contributed by atoms with Crippen molar-refractivity contribution in [3.05, 3.63) is 52.4 Å². The Balaban J connectivity index is 2.53. The zero-order chi connectivity index (χ0) is 15.8. The third kappa shape index (κ3) is 3.13. The van der Waals surface area contributed by atoms with E-state index in [1.165, 1.54) is 0 Å². The summed E-state index contributed by atoms with van der Waals surface area (Å²) in [5, 5.41) is 8.51. The number of carbonyl (C=O) groups is 1.